The molecular formula is C23H18FN3O3S. The first kappa shape index (κ1) is 20.6. The van der Waals surface area contributed by atoms with Crippen LogP contribution in [0.15, 0.2) is 87.5 Å². The highest BCUT2D eigenvalue weighted by atomic mass is 32.2. The summed E-state index contributed by atoms with van der Waals surface area (Å²) in [6, 6.07) is 20.8. The van der Waals surface area contributed by atoms with E-state index in [1.165, 1.54) is 30.1 Å². The molecule has 6 nitrogen and oxygen atoms in total. The van der Waals surface area contributed by atoms with Crippen LogP contribution in [0.2, 0.25) is 0 Å². The van der Waals surface area contributed by atoms with Crippen LogP contribution in [0.4, 0.5) is 4.39 Å². The van der Waals surface area contributed by atoms with Crippen molar-refractivity contribution in [3.8, 4) is 5.75 Å². The molecule has 0 bridgehead atoms. The first-order chi connectivity index (χ1) is 15.2. The summed E-state index contributed by atoms with van der Waals surface area (Å²) in [5.41, 5.74) is 5.55. The van der Waals surface area contributed by atoms with Gasteiger partial charge in [0.1, 0.15) is 23.7 Å². The highest BCUT2D eigenvalue weighted by Gasteiger charge is 2.08. The predicted molar refractivity (Wildman–Crippen MR) is 118 cm³/mol. The van der Waals surface area contributed by atoms with E-state index in [2.05, 4.69) is 15.5 Å². The van der Waals surface area contributed by atoms with Gasteiger partial charge in [-0.25, -0.2) is 14.8 Å². The fraction of sp³-hybridized carbons (Fsp3) is 0.0870. The van der Waals surface area contributed by atoms with E-state index in [1.54, 1.807) is 18.2 Å². The number of thioether (sulfide) groups is 1. The van der Waals surface area contributed by atoms with Crippen LogP contribution in [-0.4, -0.2) is 22.9 Å². The summed E-state index contributed by atoms with van der Waals surface area (Å²) in [5.74, 6) is 0.222. The van der Waals surface area contributed by atoms with E-state index in [-0.39, 0.29) is 17.5 Å². The zero-order valence-corrected chi connectivity index (χ0v) is 17.1. The number of hydrazone groups is 1. The van der Waals surface area contributed by atoms with E-state index in [0.29, 0.717) is 23.2 Å². The SMILES string of the molecule is O=C(CSc1nc2ccccc2o1)N/N=C\c1cccc(OCc2ccc(F)cc2)c1. The van der Waals surface area contributed by atoms with E-state index in [0.717, 1.165) is 16.6 Å². The average molecular weight is 435 g/mol. The molecule has 0 aliphatic rings. The van der Waals surface area contributed by atoms with E-state index < -0.39 is 0 Å². The van der Waals surface area contributed by atoms with Gasteiger partial charge in [-0.3, -0.25) is 4.79 Å². The van der Waals surface area contributed by atoms with Gasteiger partial charge >= 0.3 is 0 Å². The number of hydrogen-bond acceptors (Lipinski definition) is 6. The Morgan fingerprint density at radius 3 is 2.81 bits per heavy atom. The second-order valence-corrected chi connectivity index (χ2v) is 7.44. The number of rotatable bonds is 8. The Bertz CT molecular complexity index is 1180. The number of amides is 1. The number of carbonyl (C=O) groups excluding carboxylic acids is 1. The summed E-state index contributed by atoms with van der Waals surface area (Å²) in [7, 11) is 0. The zero-order chi connectivity index (χ0) is 21.5. The smallest absolute Gasteiger partial charge is 0.257 e. The number of hydrogen-bond donors (Lipinski definition) is 1. The molecule has 1 heterocycles. The van der Waals surface area contributed by atoms with Gasteiger partial charge in [0.25, 0.3) is 11.1 Å². The number of ether oxygens (including phenoxy) is 1. The molecule has 1 aromatic heterocycles. The third-order valence-electron chi connectivity index (χ3n) is 4.18. The van der Waals surface area contributed by atoms with Crippen LogP contribution in [0, 0.1) is 5.82 Å². The number of carbonyl (C=O) groups is 1. The minimum atomic E-state index is -0.281. The van der Waals surface area contributed by atoms with Crippen LogP contribution in [-0.2, 0) is 11.4 Å². The maximum atomic E-state index is 13.0. The molecule has 0 atom stereocenters. The predicted octanol–water partition coefficient (Wildman–Crippen LogP) is 4.79. The van der Waals surface area contributed by atoms with Crippen molar-refractivity contribution in [3.05, 3.63) is 89.7 Å². The minimum Gasteiger partial charge on any atom is -0.489 e. The molecular weight excluding hydrogens is 417 g/mol. The van der Waals surface area contributed by atoms with Gasteiger partial charge in [-0.15, -0.1) is 0 Å². The van der Waals surface area contributed by atoms with Crippen LogP contribution in [0.3, 0.4) is 0 Å². The molecule has 8 heteroatoms. The van der Waals surface area contributed by atoms with E-state index in [4.69, 9.17) is 9.15 Å². The molecule has 0 radical (unpaired) electrons. The lowest BCUT2D eigenvalue weighted by atomic mass is 10.2. The van der Waals surface area contributed by atoms with Crippen molar-refractivity contribution in [1.82, 2.24) is 10.4 Å². The Morgan fingerprint density at radius 1 is 1.13 bits per heavy atom. The quantitative estimate of drug-likeness (QED) is 0.245. The lowest BCUT2D eigenvalue weighted by Crippen LogP contribution is -2.19. The second-order valence-electron chi connectivity index (χ2n) is 6.52. The molecule has 3 aromatic carbocycles. The summed E-state index contributed by atoms with van der Waals surface area (Å²) < 4.78 is 24.2. The Hall–Kier alpha value is -3.65. The number of halogens is 1. The van der Waals surface area contributed by atoms with Gasteiger partial charge in [0.2, 0.25) is 0 Å². The monoisotopic (exact) mass is 435 g/mol. The third kappa shape index (κ3) is 5.93. The molecule has 1 N–H and O–H groups in total. The van der Waals surface area contributed by atoms with Crippen molar-refractivity contribution in [2.24, 2.45) is 5.10 Å². The van der Waals surface area contributed by atoms with Crippen molar-refractivity contribution in [1.29, 1.82) is 0 Å². The molecule has 0 unspecified atom stereocenters. The third-order valence-corrected chi connectivity index (χ3v) is 5.01. The normalized spacial score (nSPS) is 11.1. The van der Waals surface area contributed by atoms with E-state index >= 15 is 0 Å². The van der Waals surface area contributed by atoms with Gasteiger partial charge in [0.15, 0.2) is 5.58 Å². The molecule has 0 fully saturated rings. The number of aromatic nitrogens is 1. The molecule has 4 aromatic rings. The molecule has 0 aliphatic carbocycles. The van der Waals surface area contributed by atoms with Crippen molar-refractivity contribution in [3.63, 3.8) is 0 Å². The molecule has 4 rings (SSSR count). The maximum Gasteiger partial charge on any atom is 0.257 e. The number of benzene rings is 3. The van der Waals surface area contributed by atoms with Gasteiger partial charge in [0, 0.05) is 0 Å². The van der Waals surface area contributed by atoms with Gasteiger partial charge in [0.05, 0.1) is 12.0 Å². The molecule has 0 saturated carbocycles. The van der Waals surface area contributed by atoms with Gasteiger partial charge in [-0.1, -0.05) is 48.2 Å². The van der Waals surface area contributed by atoms with Crippen molar-refractivity contribution in [2.75, 3.05) is 5.75 Å². The van der Waals surface area contributed by atoms with E-state index in [1.807, 2.05) is 42.5 Å². The number of nitrogens with zero attached hydrogens (tertiary/aromatic N) is 2. The summed E-state index contributed by atoms with van der Waals surface area (Å²) >= 11 is 1.20. The summed E-state index contributed by atoms with van der Waals surface area (Å²) in [4.78, 5) is 16.3. The summed E-state index contributed by atoms with van der Waals surface area (Å²) in [6.45, 7) is 0.324. The van der Waals surface area contributed by atoms with Crippen LogP contribution in [0.25, 0.3) is 11.1 Å². The van der Waals surface area contributed by atoms with E-state index in [9.17, 15) is 9.18 Å². The van der Waals surface area contributed by atoms with Gasteiger partial charge in [-0.05, 0) is 47.5 Å². The zero-order valence-electron chi connectivity index (χ0n) is 16.3. The fourth-order valence-electron chi connectivity index (χ4n) is 2.68. The largest absolute Gasteiger partial charge is 0.489 e. The molecule has 0 saturated heterocycles. The second kappa shape index (κ2) is 9.90. The van der Waals surface area contributed by atoms with Crippen LogP contribution in [0.1, 0.15) is 11.1 Å². The van der Waals surface area contributed by atoms with Crippen LogP contribution >= 0.6 is 11.8 Å². The van der Waals surface area contributed by atoms with Crippen molar-refractivity contribution >= 4 is 35.0 Å². The number of fused-ring (bicyclic) bond motifs is 1. The van der Waals surface area contributed by atoms with Crippen LogP contribution < -0.4 is 10.2 Å². The topological polar surface area (TPSA) is 76.7 Å². The first-order valence-electron chi connectivity index (χ1n) is 9.43. The Labute approximate surface area is 182 Å². The first-order valence-corrected chi connectivity index (χ1v) is 10.4. The van der Waals surface area contributed by atoms with Crippen molar-refractivity contribution in [2.45, 2.75) is 11.8 Å². The lowest BCUT2D eigenvalue weighted by molar-refractivity contribution is -0.118. The highest BCUT2D eigenvalue weighted by molar-refractivity contribution is 7.99. The molecule has 31 heavy (non-hydrogen) atoms. The van der Waals surface area contributed by atoms with Crippen LogP contribution in [0.5, 0.6) is 5.75 Å². The summed E-state index contributed by atoms with van der Waals surface area (Å²) in [5, 5.41) is 4.42. The molecule has 0 aliphatic heterocycles. The van der Waals surface area contributed by atoms with Crippen molar-refractivity contribution < 1.29 is 18.3 Å². The standard InChI is InChI=1S/C23H18FN3O3S/c24-18-10-8-16(9-11-18)14-29-19-5-3-4-17(12-19)13-25-27-22(28)15-31-23-26-20-6-1-2-7-21(20)30-23/h1-13H,14-15H2,(H,27,28)/b25-13-. The highest BCUT2D eigenvalue weighted by Crippen LogP contribution is 2.22. The number of nitrogens with one attached hydrogen (secondary N) is 1. The fourth-order valence-corrected chi connectivity index (χ4v) is 3.31. The Morgan fingerprint density at radius 2 is 1.97 bits per heavy atom. The molecule has 0 spiro atoms. The minimum absolute atomic E-state index is 0.130. The Kier molecular flexibility index (Phi) is 6.59. The molecule has 156 valence electrons. The number of para-hydroxylation sites is 2. The number of oxazole rings is 1. The lowest BCUT2D eigenvalue weighted by Gasteiger charge is -2.07. The Balaban J connectivity index is 1.25. The summed E-state index contributed by atoms with van der Waals surface area (Å²) in [6.07, 6.45) is 1.53. The van der Waals surface area contributed by atoms with Gasteiger partial charge < -0.3 is 9.15 Å². The van der Waals surface area contributed by atoms with Gasteiger partial charge in [-0.2, -0.15) is 5.10 Å². The average Bonchev–Trinajstić information content (AvgIpc) is 3.21. The molecule has 1 amide bonds. The maximum absolute atomic E-state index is 13.0.